The van der Waals surface area contributed by atoms with Crippen molar-refractivity contribution >= 4 is 11.3 Å². The van der Waals surface area contributed by atoms with Crippen molar-refractivity contribution in [3.8, 4) is 6.07 Å². The van der Waals surface area contributed by atoms with Crippen molar-refractivity contribution in [2.45, 2.75) is 13.1 Å². The first-order valence-electron chi connectivity index (χ1n) is 5.58. The van der Waals surface area contributed by atoms with E-state index >= 15 is 0 Å². The lowest BCUT2D eigenvalue weighted by molar-refractivity contribution is 0.321. The molecular formula is C14H13FN2S. The monoisotopic (exact) mass is 260 g/mol. The first-order chi connectivity index (χ1) is 8.69. The van der Waals surface area contributed by atoms with Crippen molar-refractivity contribution in [3.05, 3.63) is 57.5 Å². The highest BCUT2D eigenvalue weighted by atomic mass is 32.1. The Morgan fingerprint density at radius 1 is 1.33 bits per heavy atom. The van der Waals surface area contributed by atoms with Gasteiger partial charge in [-0.15, -0.1) is 11.3 Å². The Kier molecular flexibility index (Phi) is 4.08. The normalized spacial score (nSPS) is 10.6. The van der Waals surface area contributed by atoms with Gasteiger partial charge in [0.15, 0.2) is 0 Å². The van der Waals surface area contributed by atoms with Crippen LogP contribution in [0.25, 0.3) is 0 Å². The molecule has 0 bridgehead atoms. The van der Waals surface area contributed by atoms with Gasteiger partial charge < -0.3 is 0 Å². The summed E-state index contributed by atoms with van der Waals surface area (Å²) >= 11 is 1.69. The van der Waals surface area contributed by atoms with Crippen molar-refractivity contribution in [3.63, 3.8) is 0 Å². The summed E-state index contributed by atoms with van der Waals surface area (Å²) in [4.78, 5) is 3.33. The molecule has 0 radical (unpaired) electrons. The molecule has 18 heavy (non-hydrogen) atoms. The number of hydrogen-bond acceptors (Lipinski definition) is 3. The van der Waals surface area contributed by atoms with Crippen molar-refractivity contribution in [2.24, 2.45) is 0 Å². The van der Waals surface area contributed by atoms with Gasteiger partial charge in [-0.25, -0.2) is 4.39 Å². The third kappa shape index (κ3) is 3.16. The molecule has 0 fully saturated rings. The van der Waals surface area contributed by atoms with Crippen LogP contribution in [0.15, 0.2) is 35.7 Å². The van der Waals surface area contributed by atoms with Crippen LogP contribution >= 0.6 is 11.3 Å². The van der Waals surface area contributed by atoms with E-state index in [9.17, 15) is 4.39 Å². The highest BCUT2D eigenvalue weighted by molar-refractivity contribution is 7.09. The van der Waals surface area contributed by atoms with Gasteiger partial charge in [0.1, 0.15) is 5.82 Å². The highest BCUT2D eigenvalue weighted by Gasteiger charge is 2.08. The molecule has 0 spiro atoms. The molecule has 1 aromatic heterocycles. The molecule has 0 saturated carbocycles. The van der Waals surface area contributed by atoms with Crippen LogP contribution in [-0.2, 0) is 13.1 Å². The average molecular weight is 260 g/mol. The molecule has 0 unspecified atom stereocenters. The average Bonchev–Trinajstić information content (AvgIpc) is 2.82. The lowest BCUT2D eigenvalue weighted by Gasteiger charge is -2.16. The first-order valence-corrected chi connectivity index (χ1v) is 6.46. The van der Waals surface area contributed by atoms with Crippen LogP contribution in [-0.4, -0.2) is 11.9 Å². The number of rotatable bonds is 4. The molecule has 2 rings (SSSR count). The smallest absolute Gasteiger partial charge is 0.123 e. The Hall–Kier alpha value is -1.70. The zero-order chi connectivity index (χ0) is 13.0. The van der Waals surface area contributed by atoms with Crippen LogP contribution in [0.1, 0.15) is 16.0 Å². The zero-order valence-corrected chi connectivity index (χ0v) is 10.9. The fourth-order valence-corrected chi connectivity index (χ4v) is 2.60. The number of benzene rings is 1. The predicted molar refractivity (Wildman–Crippen MR) is 70.6 cm³/mol. The largest absolute Gasteiger partial charge is 0.297 e. The minimum Gasteiger partial charge on any atom is -0.297 e. The van der Waals surface area contributed by atoms with Gasteiger partial charge in [0.05, 0.1) is 11.6 Å². The Balaban J connectivity index is 2.09. The van der Waals surface area contributed by atoms with E-state index in [0.717, 1.165) is 12.1 Å². The van der Waals surface area contributed by atoms with E-state index in [2.05, 4.69) is 17.0 Å². The van der Waals surface area contributed by atoms with E-state index in [1.165, 1.54) is 23.1 Å². The molecule has 0 aliphatic heterocycles. The van der Waals surface area contributed by atoms with Gasteiger partial charge in [0, 0.05) is 18.0 Å². The van der Waals surface area contributed by atoms with Gasteiger partial charge in [-0.3, -0.25) is 4.90 Å². The first kappa shape index (κ1) is 12.7. The number of thiophene rings is 1. The number of halogens is 1. The van der Waals surface area contributed by atoms with Gasteiger partial charge in [0.25, 0.3) is 0 Å². The number of hydrogen-bond donors (Lipinski definition) is 0. The Morgan fingerprint density at radius 2 is 2.17 bits per heavy atom. The Morgan fingerprint density at radius 3 is 2.83 bits per heavy atom. The van der Waals surface area contributed by atoms with Gasteiger partial charge in [-0.05, 0) is 42.3 Å². The third-order valence-electron chi connectivity index (χ3n) is 2.63. The minimum atomic E-state index is -0.298. The second-order valence-electron chi connectivity index (χ2n) is 4.16. The van der Waals surface area contributed by atoms with E-state index in [0.29, 0.717) is 12.1 Å². The minimum absolute atomic E-state index is 0.298. The fraction of sp³-hybridized carbons (Fsp3) is 0.214. The van der Waals surface area contributed by atoms with Crippen molar-refractivity contribution in [2.75, 3.05) is 7.05 Å². The van der Waals surface area contributed by atoms with E-state index in [1.54, 1.807) is 11.3 Å². The number of nitriles is 1. The molecule has 1 heterocycles. The fourth-order valence-electron chi connectivity index (χ4n) is 1.82. The predicted octanol–water partition coefficient (Wildman–Crippen LogP) is 3.39. The number of nitrogens with zero attached hydrogens (tertiary/aromatic N) is 2. The summed E-state index contributed by atoms with van der Waals surface area (Å²) in [7, 11) is 1.96. The second-order valence-corrected chi connectivity index (χ2v) is 5.20. The van der Waals surface area contributed by atoms with Crippen LogP contribution in [0.4, 0.5) is 4.39 Å². The summed E-state index contributed by atoms with van der Waals surface area (Å²) in [5.74, 6) is -0.298. The van der Waals surface area contributed by atoms with Crippen molar-refractivity contribution in [1.29, 1.82) is 5.26 Å². The summed E-state index contributed by atoms with van der Waals surface area (Å²) in [5.41, 5.74) is 1.27. The highest BCUT2D eigenvalue weighted by Crippen LogP contribution is 2.16. The van der Waals surface area contributed by atoms with Crippen LogP contribution in [0.2, 0.25) is 0 Å². The second kappa shape index (κ2) is 5.76. The Labute approximate surface area is 110 Å². The molecule has 4 heteroatoms. The van der Waals surface area contributed by atoms with E-state index in [4.69, 9.17) is 5.26 Å². The molecule has 0 aliphatic carbocycles. The van der Waals surface area contributed by atoms with Gasteiger partial charge in [-0.2, -0.15) is 5.26 Å². The molecule has 0 aliphatic rings. The molecule has 2 nitrogen and oxygen atoms in total. The molecule has 0 amide bonds. The molecular weight excluding hydrogens is 247 g/mol. The third-order valence-corrected chi connectivity index (χ3v) is 3.50. The lowest BCUT2D eigenvalue weighted by Crippen LogP contribution is -2.17. The quantitative estimate of drug-likeness (QED) is 0.842. The van der Waals surface area contributed by atoms with E-state index < -0.39 is 0 Å². The molecule has 92 valence electrons. The van der Waals surface area contributed by atoms with Crippen LogP contribution in [0, 0.1) is 17.1 Å². The summed E-state index contributed by atoms with van der Waals surface area (Å²) in [6, 6.07) is 10.5. The summed E-state index contributed by atoms with van der Waals surface area (Å²) in [5, 5.41) is 11.0. The summed E-state index contributed by atoms with van der Waals surface area (Å²) < 4.78 is 13.2. The van der Waals surface area contributed by atoms with E-state index in [-0.39, 0.29) is 5.82 Å². The topological polar surface area (TPSA) is 27.0 Å². The maximum atomic E-state index is 13.2. The molecule has 2 aromatic rings. The van der Waals surface area contributed by atoms with Crippen LogP contribution < -0.4 is 0 Å². The zero-order valence-electron chi connectivity index (χ0n) is 10.1. The maximum absolute atomic E-state index is 13.2. The summed E-state index contributed by atoms with van der Waals surface area (Å²) in [6.07, 6.45) is 0. The van der Waals surface area contributed by atoms with Crippen LogP contribution in [0.3, 0.4) is 0 Å². The van der Waals surface area contributed by atoms with Crippen molar-refractivity contribution in [1.82, 2.24) is 4.90 Å². The standard InChI is InChI=1S/C14H13FN2S/c1-17(10-14-3-2-6-18-14)9-12-7-13(15)5-4-11(12)8-16/h2-7H,9-10H2,1H3. The van der Waals surface area contributed by atoms with Crippen LogP contribution in [0.5, 0.6) is 0 Å². The molecule has 1 aromatic carbocycles. The van der Waals surface area contributed by atoms with E-state index in [1.807, 2.05) is 18.5 Å². The Bertz CT molecular complexity index is 558. The lowest BCUT2D eigenvalue weighted by atomic mass is 10.1. The van der Waals surface area contributed by atoms with Crippen molar-refractivity contribution < 1.29 is 4.39 Å². The maximum Gasteiger partial charge on any atom is 0.123 e. The SMILES string of the molecule is CN(Cc1cccs1)Cc1cc(F)ccc1C#N. The van der Waals surface area contributed by atoms with Gasteiger partial charge >= 0.3 is 0 Å². The summed E-state index contributed by atoms with van der Waals surface area (Å²) in [6.45, 7) is 1.37. The molecule has 0 saturated heterocycles. The van der Waals surface area contributed by atoms with Gasteiger partial charge in [0.2, 0.25) is 0 Å². The molecule has 0 N–H and O–H groups in total. The molecule has 0 atom stereocenters. The van der Waals surface area contributed by atoms with Gasteiger partial charge in [-0.1, -0.05) is 6.07 Å².